The number of halogens is 1. The van der Waals surface area contributed by atoms with Crippen LogP contribution < -0.4 is 0 Å². The Hall–Kier alpha value is -2.13. The Labute approximate surface area is 185 Å². The summed E-state index contributed by atoms with van der Waals surface area (Å²) in [7, 11) is 0. The minimum Gasteiger partial charge on any atom is -0.388 e. The SMILES string of the molecule is OC(CCN1CCC(c2ccccc2)CC1)c1ccc(Cc2ccc(Cl)cc2)cc1. The van der Waals surface area contributed by atoms with Crippen LogP contribution in [0.2, 0.25) is 5.02 Å². The first kappa shape index (κ1) is 21.1. The second-order valence-corrected chi connectivity index (χ2v) is 8.81. The summed E-state index contributed by atoms with van der Waals surface area (Å²) in [5, 5.41) is 11.4. The molecule has 2 nitrogen and oxygen atoms in total. The number of likely N-dealkylation sites (tertiary alicyclic amines) is 1. The van der Waals surface area contributed by atoms with Gasteiger partial charge in [0.1, 0.15) is 0 Å². The molecule has 1 aliphatic rings. The molecule has 156 valence electrons. The minimum absolute atomic E-state index is 0.401. The third-order valence-corrected chi connectivity index (χ3v) is 6.52. The van der Waals surface area contributed by atoms with Gasteiger partial charge in [0.2, 0.25) is 0 Å². The van der Waals surface area contributed by atoms with Crippen molar-refractivity contribution in [2.45, 2.75) is 37.7 Å². The van der Waals surface area contributed by atoms with Gasteiger partial charge in [0.05, 0.1) is 6.10 Å². The summed E-state index contributed by atoms with van der Waals surface area (Å²) < 4.78 is 0. The second kappa shape index (κ2) is 10.3. The summed E-state index contributed by atoms with van der Waals surface area (Å²) in [6.07, 6.45) is 3.68. The topological polar surface area (TPSA) is 23.5 Å². The van der Waals surface area contributed by atoms with Crippen LogP contribution in [0.1, 0.15) is 53.5 Å². The molecule has 1 fully saturated rings. The Morgan fingerprint density at radius 1 is 0.833 bits per heavy atom. The molecule has 0 spiro atoms. The fraction of sp³-hybridized carbons (Fsp3) is 0.333. The molecule has 3 aromatic rings. The summed E-state index contributed by atoms with van der Waals surface area (Å²) >= 11 is 5.96. The number of rotatable bonds is 7. The van der Waals surface area contributed by atoms with Crippen molar-refractivity contribution in [3.05, 3.63) is 106 Å². The summed E-state index contributed by atoms with van der Waals surface area (Å²) in [5.74, 6) is 0.681. The van der Waals surface area contributed by atoms with E-state index in [0.717, 1.165) is 43.1 Å². The number of aliphatic hydroxyl groups excluding tert-OH is 1. The zero-order chi connectivity index (χ0) is 20.8. The molecule has 0 aliphatic carbocycles. The standard InChI is InChI=1S/C27H30ClNO/c28-26-12-8-22(9-13-26)20-21-6-10-25(11-7-21)27(30)16-19-29-17-14-24(15-18-29)23-4-2-1-3-5-23/h1-13,24,27,30H,14-20H2. The van der Waals surface area contributed by atoms with Crippen molar-refractivity contribution in [2.75, 3.05) is 19.6 Å². The normalized spacial score (nSPS) is 16.5. The number of nitrogens with zero attached hydrogens (tertiary/aromatic N) is 1. The van der Waals surface area contributed by atoms with E-state index in [9.17, 15) is 5.11 Å². The van der Waals surface area contributed by atoms with Crippen molar-refractivity contribution < 1.29 is 5.11 Å². The molecule has 4 rings (SSSR count). The van der Waals surface area contributed by atoms with Gasteiger partial charge in [-0.05, 0) is 79.1 Å². The van der Waals surface area contributed by atoms with Crippen LogP contribution in [0.25, 0.3) is 0 Å². The van der Waals surface area contributed by atoms with Crippen LogP contribution in [0.4, 0.5) is 0 Å². The summed E-state index contributed by atoms with van der Waals surface area (Å²) in [4.78, 5) is 2.50. The van der Waals surface area contributed by atoms with E-state index in [0.29, 0.717) is 5.92 Å². The zero-order valence-electron chi connectivity index (χ0n) is 17.4. The molecule has 1 saturated heterocycles. The van der Waals surface area contributed by atoms with Gasteiger partial charge in [-0.15, -0.1) is 0 Å². The lowest BCUT2D eigenvalue weighted by Crippen LogP contribution is -2.34. The molecule has 1 unspecified atom stereocenters. The molecule has 1 atom stereocenters. The van der Waals surface area contributed by atoms with E-state index in [2.05, 4.69) is 71.6 Å². The van der Waals surface area contributed by atoms with Gasteiger partial charge in [0, 0.05) is 11.6 Å². The fourth-order valence-electron chi connectivity index (χ4n) is 4.38. The van der Waals surface area contributed by atoms with E-state index >= 15 is 0 Å². The molecule has 3 heteroatoms. The maximum Gasteiger partial charge on any atom is 0.0802 e. The molecule has 0 aromatic heterocycles. The van der Waals surface area contributed by atoms with Gasteiger partial charge in [-0.2, -0.15) is 0 Å². The highest BCUT2D eigenvalue weighted by Gasteiger charge is 2.21. The van der Waals surface area contributed by atoms with Crippen molar-refractivity contribution in [3.8, 4) is 0 Å². The first-order valence-corrected chi connectivity index (χ1v) is 11.3. The average molecular weight is 420 g/mol. The first-order chi connectivity index (χ1) is 14.7. The third kappa shape index (κ3) is 5.72. The number of hydrogen-bond donors (Lipinski definition) is 1. The van der Waals surface area contributed by atoms with Crippen LogP contribution in [0.15, 0.2) is 78.9 Å². The lowest BCUT2D eigenvalue weighted by molar-refractivity contribution is 0.130. The molecule has 0 bridgehead atoms. The maximum absolute atomic E-state index is 10.7. The van der Waals surface area contributed by atoms with Gasteiger partial charge >= 0.3 is 0 Å². The van der Waals surface area contributed by atoms with Crippen molar-refractivity contribution in [3.63, 3.8) is 0 Å². The highest BCUT2D eigenvalue weighted by atomic mass is 35.5. The summed E-state index contributed by atoms with van der Waals surface area (Å²) in [6, 6.07) is 27.2. The Kier molecular flexibility index (Phi) is 7.22. The van der Waals surface area contributed by atoms with Crippen LogP contribution in [0.5, 0.6) is 0 Å². The van der Waals surface area contributed by atoms with Gasteiger partial charge in [-0.25, -0.2) is 0 Å². The van der Waals surface area contributed by atoms with Crippen molar-refractivity contribution in [1.82, 2.24) is 4.90 Å². The van der Waals surface area contributed by atoms with E-state index in [4.69, 9.17) is 11.6 Å². The number of aliphatic hydroxyl groups is 1. The molecule has 30 heavy (non-hydrogen) atoms. The predicted molar refractivity (Wildman–Crippen MR) is 125 cm³/mol. The average Bonchev–Trinajstić information content (AvgIpc) is 2.80. The van der Waals surface area contributed by atoms with Gasteiger partial charge < -0.3 is 10.0 Å². The van der Waals surface area contributed by atoms with Crippen molar-refractivity contribution >= 4 is 11.6 Å². The van der Waals surface area contributed by atoms with Crippen LogP contribution >= 0.6 is 11.6 Å². The molecular weight excluding hydrogens is 390 g/mol. The number of piperidine rings is 1. The highest BCUT2D eigenvalue weighted by molar-refractivity contribution is 6.30. The van der Waals surface area contributed by atoms with Crippen LogP contribution in [-0.2, 0) is 6.42 Å². The summed E-state index contributed by atoms with van der Waals surface area (Å²) in [6.45, 7) is 3.19. The smallest absolute Gasteiger partial charge is 0.0802 e. The van der Waals surface area contributed by atoms with Crippen LogP contribution in [0.3, 0.4) is 0 Å². The quantitative estimate of drug-likeness (QED) is 0.490. The lowest BCUT2D eigenvalue weighted by atomic mass is 9.89. The lowest BCUT2D eigenvalue weighted by Gasteiger charge is -2.32. The highest BCUT2D eigenvalue weighted by Crippen LogP contribution is 2.28. The molecule has 0 radical (unpaired) electrons. The van der Waals surface area contributed by atoms with Gasteiger partial charge in [0.15, 0.2) is 0 Å². The van der Waals surface area contributed by atoms with Gasteiger partial charge in [0.25, 0.3) is 0 Å². The Morgan fingerprint density at radius 3 is 2.07 bits per heavy atom. The molecular formula is C27H30ClNO. The summed E-state index contributed by atoms with van der Waals surface area (Å²) in [5.41, 5.74) is 4.97. The monoisotopic (exact) mass is 419 g/mol. The number of hydrogen-bond acceptors (Lipinski definition) is 2. The van der Waals surface area contributed by atoms with E-state index in [1.54, 1.807) is 0 Å². The molecule has 3 aromatic carbocycles. The third-order valence-electron chi connectivity index (χ3n) is 6.26. The molecule has 1 N–H and O–H groups in total. The fourth-order valence-corrected chi connectivity index (χ4v) is 4.51. The maximum atomic E-state index is 10.7. The Bertz CT molecular complexity index is 900. The van der Waals surface area contributed by atoms with Gasteiger partial charge in [-0.3, -0.25) is 0 Å². The van der Waals surface area contributed by atoms with Crippen LogP contribution in [-0.4, -0.2) is 29.6 Å². The Morgan fingerprint density at radius 2 is 1.43 bits per heavy atom. The zero-order valence-corrected chi connectivity index (χ0v) is 18.1. The number of benzene rings is 3. The molecule has 1 heterocycles. The van der Waals surface area contributed by atoms with E-state index in [1.807, 2.05) is 12.1 Å². The molecule has 0 saturated carbocycles. The van der Waals surface area contributed by atoms with Crippen molar-refractivity contribution in [1.29, 1.82) is 0 Å². The van der Waals surface area contributed by atoms with Gasteiger partial charge in [-0.1, -0.05) is 78.3 Å². The second-order valence-electron chi connectivity index (χ2n) is 8.38. The first-order valence-electron chi connectivity index (χ1n) is 11.0. The predicted octanol–water partition coefficient (Wildman–Crippen LogP) is 6.23. The minimum atomic E-state index is -0.401. The largest absolute Gasteiger partial charge is 0.388 e. The van der Waals surface area contributed by atoms with Crippen LogP contribution in [0, 0.1) is 0 Å². The van der Waals surface area contributed by atoms with Crippen molar-refractivity contribution in [2.24, 2.45) is 0 Å². The van der Waals surface area contributed by atoms with E-state index in [1.165, 1.54) is 29.5 Å². The Balaban J connectivity index is 1.23. The van der Waals surface area contributed by atoms with E-state index < -0.39 is 6.10 Å². The molecule has 1 aliphatic heterocycles. The molecule has 0 amide bonds. The van der Waals surface area contributed by atoms with E-state index in [-0.39, 0.29) is 0 Å².